The number of anilines is 1. The molecule has 1 aromatic carbocycles. The minimum Gasteiger partial charge on any atom is -0.370 e. The molecule has 3 atom stereocenters. The largest absolute Gasteiger partial charge is 0.370 e. The number of fused-ring (bicyclic) bond motifs is 1. The minimum atomic E-state index is -3.43. The summed E-state index contributed by atoms with van der Waals surface area (Å²) in [6.45, 7) is 1.35. The van der Waals surface area contributed by atoms with Gasteiger partial charge in [-0.25, -0.2) is 17.2 Å². The summed E-state index contributed by atoms with van der Waals surface area (Å²) in [7, 11) is -3.43. The van der Waals surface area contributed by atoms with Crippen molar-refractivity contribution in [3.8, 4) is 0 Å². The number of aromatic nitrogens is 2. The second-order valence-electron chi connectivity index (χ2n) is 7.28. The predicted molar refractivity (Wildman–Crippen MR) is 97.7 cm³/mol. The fraction of sp³-hybridized carbons (Fsp3) is 0.471. The SMILES string of the molecule is CS(=O)(=O)Nc1n[nH]c2c1CN([C@H]1CO[C@H](c3cc(F)ccc3F)[C@@H](N)C1)C2. The summed E-state index contributed by atoms with van der Waals surface area (Å²) in [5.74, 6) is -0.787. The first-order valence-corrected chi connectivity index (χ1v) is 10.7. The quantitative estimate of drug-likeness (QED) is 0.695. The Labute approximate surface area is 161 Å². The fourth-order valence-electron chi connectivity index (χ4n) is 3.83. The van der Waals surface area contributed by atoms with Crippen LogP contribution in [0, 0.1) is 11.6 Å². The van der Waals surface area contributed by atoms with Gasteiger partial charge in [-0.2, -0.15) is 5.10 Å². The molecule has 28 heavy (non-hydrogen) atoms. The predicted octanol–water partition coefficient (Wildman–Crippen LogP) is 1.23. The maximum Gasteiger partial charge on any atom is 0.231 e. The van der Waals surface area contributed by atoms with Crippen LogP contribution >= 0.6 is 0 Å². The topological polar surface area (TPSA) is 113 Å². The first-order chi connectivity index (χ1) is 13.2. The number of halogens is 2. The Hall–Kier alpha value is -2.08. The number of nitrogens with zero attached hydrogens (tertiary/aromatic N) is 2. The van der Waals surface area contributed by atoms with Crippen LogP contribution in [0.5, 0.6) is 0 Å². The van der Waals surface area contributed by atoms with E-state index in [4.69, 9.17) is 10.5 Å². The van der Waals surface area contributed by atoms with Gasteiger partial charge in [0.2, 0.25) is 10.0 Å². The molecule has 3 heterocycles. The molecule has 2 aliphatic heterocycles. The number of hydrogen-bond acceptors (Lipinski definition) is 6. The van der Waals surface area contributed by atoms with Crippen molar-refractivity contribution < 1.29 is 21.9 Å². The Morgan fingerprint density at radius 3 is 2.86 bits per heavy atom. The van der Waals surface area contributed by atoms with Gasteiger partial charge < -0.3 is 10.5 Å². The zero-order valence-electron chi connectivity index (χ0n) is 15.2. The third kappa shape index (κ3) is 3.75. The average Bonchev–Trinajstić information content (AvgIpc) is 3.18. The van der Waals surface area contributed by atoms with Crippen molar-refractivity contribution in [3.05, 3.63) is 46.7 Å². The van der Waals surface area contributed by atoms with Crippen molar-refractivity contribution in [2.24, 2.45) is 5.73 Å². The summed E-state index contributed by atoms with van der Waals surface area (Å²) in [6.07, 6.45) is 0.893. The molecule has 2 aromatic rings. The molecular formula is C17H21F2N5O3S. The van der Waals surface area contributed by atoms with E-state index in [0.717, 1.165) is 35.7 Å². The minimum absolute atomic E-state index is 0.0326. The fourth-order valence-corrected chi connectivity index (χ4v) is 4.35. The molecule has 2 aliphatic rings. The van der Waals surface area contributed by atoms with Crippen LogP contribution in [0.25, 0.3) is 0 Å². The average molecular weight is 413 g/mol. The van der Waals surface area contributed by atoms with Crippen LogP contribution in [0.3, 0.4) is 0 Å². The lowest BCUT2D eigenvalue weighted by Gasteiger charge is -2.38. The van der Waals surface area contributed by atoms with E-state index in [1.807, 2.05) is 0 Å². The lowest BCUT2D eigenvalue weighted by molar-refractivity contribution is -0.0532. The van der Waals surface area contributed by atoms with Crippen molar-refractivity contribution in [2.45, 2.75) is 37.7 Å². The van der Waals surface area contributed by atoms with Gasteiger partial charge in [0.15, 0.2) is 5.82 Å². The van der Waals surface area contributed by atoms with Gasteiger partial charge in [0, 0.05) is 36.3 Å². The van der Waals surface area contributed by atoms with Crippen molar-refractivity contribution >= 4 is 15.8 Å². The Morgan fingerprint density at radius 1 is 1.36 bits per heavy atom. The smallest absolute Gasteiger partial charge is 0.231 e. The summed E-state index contributed by atoms with van der Waals surface area (Å²) in [5, 5.41) is 6.87. The number of ether oxygens (including phenoxy) is 1. The van der Waals surface area contributed by atoms with Gasteiger partial charge in [0.25, 0.3) is 0 Å². The summed E-state index contributed by atoms with van der Waals surface area (Å²) < 4.78 is 58.7. The first-order valence-electron chi connectivity index (χ1n) is 8.81. The van der Waals surface area contributed by atoms with E-state index < -0.39 is 33.8 Å². The molecule has 152 valence electrons. The maximum atomic E-state index is 14.1. The summed E-state index contributed by atoms with van der Waals surface area (Å²) in [4.78, 5) is 2.11. The molecule has 4 N–H and O–H groups in total. The molecule has 8 nitrogen and oxygen atoms in total. The molecule has 1 aromatic heterocycles. The number of H-pyrrole nitrogens is 1. The highest BCUT2D eigenvalue weighted by molar-refractivity contribution is 7.92. The highest BCUT2D eigenvalue weighted by Crippen LogP contribution is 2.35. The highest BCUT2D eigenvalue weighted by atomic mass is 32.2. The molecule has 11 heteroatoms. The van der Waals surface area contributed by atoms with Crippen LogP contribution in [0.2, 0.25) is 0 Å². The van der Waals surface area contributed by atoms with Crippen molar-refractivity contribution in [3.63, 3.8) is 0 Å². The van der Waals surface area contributed by atoms with E-state index in [1.54, 1.807) is 0 Å². The summed E-state index contributed by atoms with van der Waals surface area (Å²) in [6, 6.07) is 2.72. The molecule has 1 saturated heterocycles. The number of rotatable bonds is 4. The van der Waals surface area contributed by atoms with Crippen LogP contribution < -0.4 is 10.5 Å². The number of benzene rings is 1. The van der Waals surface area contributed by atoms with Crippen molar-refractivity contribution in [1.29, 1.82) is 0 Å². The number of aromatic amines is 1. The maximum absolute atomic E-state index is 14.1. The van der Waals surface area contributed by atoms with Gasteiger partial charge in [-0.15, -0.1) is 0 Å². The Bertz CT molecular complexity index is 997. The van der Waals surface area contributed by atoms with Gasteiger partial charge in [-0.1, -0.05) is 0 Å². The van der Waals surface area contributed by atoms with Gasteiger partial charge in [0.1, 0.15) is 17.7 Å². The molecule has 0 radical (unpaired) electrons. The molecule has 0 aliphatic carbocycles. The molecule has 4 rings (SSSR count). The number of hydrogen-bond donors (Lipinski definition) is 3. The van der Waals surface area contributed by atoms with Crippen molar-refractivity contribution in [1.82, 2.24) is 15.1 Å². The van der Waals surface area contributed by atoms with E-state index in [-0.39, 0.29) is 11.6 Å². The van der Waals surface area contributed by atoms with Gasteiger partial charge in [0.05, 0.1) is 18.6 Å². The van der Waals surface area contributed by atoms with E-state index in [1.165, 1.54) is 0 Å². The number of nitrogens with one attached hydrogen (secondary N) is 2. The zero-order valence-corrected chi connectivity index (χ0v) is 16.0. The van der Waals surface area contributed by atoms with Crippen LogP contribution in [0.4, 0.5) is 14.6 Å². The van der Waals surface area contributed by atoms with Crippen LogP contribution in [0.1, 0.15) is 29.3 Å². The standard InChI is InChI=1S/C17H21F2N5O3S/c1-28(25,26)23-17-12-6-24(7-15(12)21-22-17)10-5-14(20)16(27-8-10)11-4-9(18)2-3-13(11)19/h2-4,10,14,16H,5-8,20H2,1H3,(H2,21,22,23)/t10-,14+,16-/m1/s1. The van der Waals surface area contributed by atoms with E-state index in [0.29, 0.717) is 31.9 Å². The molecule has 0 amide bonds. The second-order valence-corrected chi connectivity index (χ2v) is 9.03. The molecule has 1 fully saturated rings. The zero-order chi connectivity index (χ0) is 20.1. The van der Waals surface area contributed by atoms with E-state index >= 15 is 0 Å². The lowest BCUT2D eigenvalue weighted by Crippen LogP contribution is -2.47. The van der Waals surface area contributed by atoms with E-state index in [9.17, 15) is 17.2 Å². The summed E-state index contributed by atoms with van der Waals surface area (Å²) in [5.41, 5.74) is 7.98. The normalized spacial score (nSPS) is 25.6. The Kier molecular flexibility index (Phi) is 4.86. The Morgan fingerprint density at radius 2 is 2.14 bits per heavy atom. The Balaban J connectivity index is 1.45. The molecule has 0 saturated carbocycles. The first kappa shape index (κ1) is 19.2. The van der Waals surface area contributed by atoms with Gasteiger partial charge in [-0.05, 0) is 24.6 Å². The third-order valence-electron chi connectivity index (χ3n) is 5.14. The van der Waals surface area contributed by atoms with Crippen molar-refractivity contribution in [2.75, 3.05) is 17.6 Å². The van der Waals surface area contributed by atoms with Gasteiger partial charge in [-0.3, -0.25) is 14.7 Å². The highest BCUT2D eigenvalue weighted by Gasteiger charge is 2.37. The molecule has 0 unspecified atom stereocenters. The molecule has 0 bridgehead atoms. The second kappa shape index (κ2) is 7.07. The number of nitrogens with two attached hydrogens (primary N) is 1. The molecular weight excluding hydrogens is 392 g/mol. The monoisotopic (exact) mass is 413 g/mol. The molecule has 0 spiro atoms. The summed E-state index contributed by atoms with van der Waals surface area (Å²) >= 11 is 0. The van der Waals surface area contributed by atoms with Crippen LogP contribution in [-0.4, -0.2) is 48.5 Å². The van der Waals surface area contributed by atoms with E-state index in [2.05, 4.69) is 19.8 Å². The van der Waals surface area contributed by atoms with Crippen LogP contribution in [-0.2, 0) is 27.8 Å². The van der Waals surface area contributed by atoms with Gasteiger partial charge >= 0.3 is 0 Å². The lowest BCUT2D eigenvalue weighted by atomic mass is 9.93. The van der Waals surface area contributed by atoms with Crippen LogP contribution in [0.15, 0.2) is 18.2 Å². The number of sulfonamides is 1. The third-order valence-corrected chi connectivity index (χ3v) is 5.70.